The molecule has 170 valence electrons. The lowest BCUT2D eigenvalue weighted by atomic mass is 10.1. The van der Waals surface area contributed by atoms with E-state index in [1.165, 1.54) is 6.26 Å². The Labute approximate surface area is 207 Å². The molecule has 1 atom stereocenters. The van der Waals surface area contributed by atoms with Crippen LogP contribution in [-0.2, 0) is 22.1 Å². The van der Waals surface area contributed by atoms with Crippen LogP contribution in [0.25, 0.3) is 0 Å². The maximum atomic E-state index is 11.4. The van der Waals surface area contributed by atoms with Crippen LogP contribution in [0.4, 0.5) is 5.69 Å². The molecule has 2 N–H and O–H groups in total. The van der Waals surface area contributed by atoms with E-state index in [0.29, 0.717) is 12.6 Å². The van der Waals surface area contributed by atoms with E-state index in [-0.39, 0.29) is 29.7 Å². The van der Waals surface area contributed by atoms with E-state index in [1.807, 2.05) is 49.4 Å². The molecule has 0 amide bonds. The third-order valence-electron chi connectivity index (χ3n) is 4.92. The van der Waals surface area contributed by atoms with Crippen LogP contribution in [0.1, 0.15) is 24.5 Å². The van der Waals surface area contributed by atoms with E-state index in [1.54, 1.807) is 0 Å². The van der Waals surface area contributed by atoms with Crippen molar-refractivity contribution in [2.45, 2.75) is 31.7 Å². The number of nitrogens with one attached hydrogen (secondary N) is 2. The van der Waals surface area contributed by atoms with Gasteiger partial charge in [0.2, 0.25) is 0 Å². The largest absolute Gasteiger partial charge is 0.369 e. The summed E-state index contributed by atoms with van der Waals surface area (Å²) in [5.74, 6) is 0.849. The number of hydrogen-bond donors (Lipinski definition) is 2. The number of hydrogen-bond acceptors (Lipinski definition) is 4. The SMILES string of the molecule is CCNC(=NCc1ccc(CS(C)(=O)=O)cc1)NC1CCN(c2cccc(Cl)c2)C1.I. The summed E-state index contributed by atoms with van der Waals surface area (Å²) in [6.07, 6.45) is 2.27. The van der Waals surface area contributed by atoms with Crippen LogP contribution in [0.5, 0.6) is 0 Å². The van der Waals surface area contributed by atoms with E-state index in [0.717, 1.165) is 53.9 Å². The molecular weight excluding hydrogens is 547 g/mol. The van der Waals surface area contributed by atoms with Crippen LogP contribution in [0.2, 0.25) is 5.02 Å². The number of rotatable bonds is 7. The van der Waals surface area contributed by atoms with Crippen LogP contribution in [-0.4, -0.2) is 46.3 Å². The van der Waals surface area contributed by atoms with Crippen molar-refractivity contribution in [2.75, 3.05) is 30.8 Å². The van der Waals surface area contributed by atoms with Crippen LogP contribution in [0, 0.1) is 0 Å². The monoisotopic (exact) mass is 576 g/mol. The highest BCUT2D eigenvalue weighted by Gasteiger charge is 2.23. The fraction of sp³-hybridized carbons (Fsp3) is 0.409. The van der Waals surface area contributed by atoms with Gasteiger partial charge in [0.15, 0.2) is 15.8 Å². The Morgan fingerprint density at radius 3 is 2.55 bits per heavy atom. The molecule has 0 aliphatic carbocycles. The Hall–Kier alpha value is -1.52. The van der Waals surface area contributed by atoms with Gasteiger partial charge < -0.3 is 15.5 Å². The average Bonchev–Trinajstić information content (AvgIpc) is 3.15. The zero-order valence-corrected chi connectivity index (χ0v) is 21.7. The zero-order chi connectivity index (χ0) is 21.6. The number of benzene rings is 2. The molecule has 9 heteroatoms. The number of sulfone groups is 1. The van der Waals surface area contributed by atoms with Crippen molar-refractivity contribution < 1.29 is 8.42 Å². The van der Waals surface area contributed by atoms with Crippen molar-refractivity contribution in [1.82, 2.24) is 10.6 Å². The molecule has 1 aliphatic rings. The highest BCUT2D eigenvalue weighted by atomic mass is 127. The molecule has 0 saturated carbocycles. The molecular formula is C22H30ClIN4O2S. The van der Waals surface area contributed by atoms with E-state index >= 15 is 0 Å². The highest BCUT2D eigenvalue weighted by Crippen LogP contribution is 2.23. The third kappa shape index (κ3) is 8.50. The molecule has 0 aromatic heterocycles. The van der Waals surface area contributed by atoms with E-state index in [2.05, 4.69) is 21.6 Å². The molecule has 1 aliphatic heterocycles. The fourth-order valence-electron chi connectivity index (χ4n) is 3.51. The molecule has 31 heavy (non-hydrogen) atoms. The molecule has 1 saturated heterocycles. The van der Waals surface area contributed by atoms with E-state index in [9.17, 15) is 8.42 Å². The van der Waals surface area contributed by atoms with Crippen molar-refractivity contribution in [3.63, 3.8) is 0 Å². The van der Waals surface area contributed by atoms with Gasteiger partial charge in [0.05, 0.1) is 12.3 Å². The maximum absolute atomic E-state index is 11.4. The normalized spacial score (nSPS) is 16.7. The topological polar surface area (TPSA) is 73.8 Å². The molecule has 2 aromatic rings. The Morgan fingerprint density at radius 2 is 1.90 bits per heavy atom. The van der Waals surface area contributed by atoms with Gasteiger partial charge in [-0.05, 0) is 42.7 Å². The number of guanidine groups is 1. The number of halogens is 2. The predicted molar refractivity (Wildman–Crippen MR) is 140 cm³/mol. The van der Waals surface area contributed by atoms with Gasteiger partial charge in [-0.2, -0.15) is 0 Å². The minimum absolute atomic E-state index is 0. The lowest BCUT2D eigenvalue weighted by molar-refractivity contribution is 0.601. The third-order valence-corrected chi connectivity index (χ3v) is 6.01. The molecule has 6 nitrogen and oxygen atoms in total. The van der Waals surface area contributed by atoms with Gasteiger partial charge in [-0.25, -0.2) is 13.4 Å². The van der Waals surface area contributed by atoms with E-state index < -0.39 is 9.84 Å². The lowest BCUT2D eigenvalue weighted by Gasteiger charge is -2.20. The van der Waals surface area contributed by atoms with Gasteiger partial charge >= 0.3 is 0 Å². The average molecular weight is 577 g/mol. The summed E-state index contributed by atoms with van der Waals surface area (Å²) in [6, 6.07) is 15.8. The first-order valence-electron chi connectivity index (χ1n) is 10.1. The van der Waals surface area contributed by atoms with Gasteiger partial charge in [0, 0.05) is 42.6 Å². The smallest absolute Gasteiger partial charge is 0.191 e. The zero-order valence-electron chi connectivity index (χ0n) is 17.8. The minimum atomic E-state index is -3.02. The molecule has 0 bridgehead atoms. The van der Waals surface area contributed by atoms with Crippen molar-refractivity contribution in [1.29, 1.82) is 0 Å². The van der Waals surface area contributed by atoms with Crippen LogP contribution < -0.4 is 15.5 Å². The summed E-state index contributed by atoms with van der Waals surface area (Å²) >= 11 is 6.12. The first kappa shape index (κ1) is 25.7. The van der Waals surface area contributed by atoms with Gasteiger partial charge in [0.1, 0.15) is 0 Å². The summed E-state index contributed by atoms with van der Waals surface area (Å²) in [7, 11) is -3.02. The second-order valence-corrected chi connectivity index (χ2v) is 10.2. The molecule has 1 heterocycles. The molecule has 1 fully saturated rings. The van der Waals surface area contributed by atoms with Gasteiger partial charge in [-0.3, -0.25) is 0 Å². The molecule has 0 radical (unpaired) electrons. The fourth-order valence-corrected chi connectivity index (χ4v) is 4.50. The highest BCUT2D eigenvalue weighted by molar-refractivity contribution is 14.0. The maximum Gasteiger partial charge on any atom is 0.191 e. The molecule has 1 unspecified atom stereocenters. The van der Waals surface area contributed by atoms with Crippen molar-refractivity contribution >= 4 is 57.1 Å². The van der Waals surface area contributed by atoms with E-state index in [4.69, 9.17) is 16.6 Å². The van der Waals surface area contributed by atoms with Crippen molar-refractivity contribution in [3.8, 4) is 0 Å². The Morgan fingerprint density at radius 1 is 1.19 bits per heavy atom. The molecule has 2 aromatic carbocycles. The lowest BCUT2D eigenvalue weighted by Crippen LogP contribution is -2.44. The van der Waals surface area contributed by atoms with Crippen LogP contribution in [0.3, 0.4) is 0 Å². The molecule has 3 rings (SSSR count). The van der Waals surface area contributed by atoms with Gasteiger partial charge in [-0.15, -0.1) is 24.0 Å². The summed E-state index contributed by atoms with van der Waals surface area (Å²) < 4.78 is 22.8. The summed E-state index contributed by atoms with van der Waals surface area (Å²) in [6.45, 7) is 5.22. The predicted octanol–water partition coefficient (Wildman–Crippen LogP) is 3.84. The molecule has 0 spiro atoms. The van der Waals surface area contributed by atoms with Crippen molar-refractivity contribution in [2.24, 2.45) is 4.99 Å². The Balaban J connectivity index is 0.00000341. The quantitative estimate of drug-likeness (QED) is 0.298. The minimum Gasteiger partial charge on any atom is -0.369 e. The van der Waals surface area contributed by atoms with Crippen LogP contribution >= 0.6 is 35.6 Å². The van der Waals surface area contributed by atoms with Crippen molar-refractivity contribution in [3.05, 3.63) is 64.7 Å². The Bertz CT molecular complexity index is 983. The summed E-state index contributed by atoms with van der Waals surface area (Å²) in [5.41, 5.74) is 2.97. The Kier molecular flexibility index (Phi) is 9.90. The summed E-state index contributed by atoms with van der Waals surface area (Å²) in [4.78, 5) is 7.03. The number of aliphatic imine (C=N–C) groups is 1. The first-order chi connectivity index (χ1) is 14.3. The van der Waals surface area contributed by atoms with Gasteiger partial charge in [-0.1, -0.05) is 41.9 Å². The first-order valence-corrected chi connectivity index (χ1v) is 12.6. The second-order valence-electron chi connectivity index (χ2n) is 7.64. The van der Waals surface area contributed by atoms with Gasteiger partial charge in [0.25, 0.3) is 0 Å². The summed E-state index contributed by atoms with van der Waals surface area (Å²) in [5, 5.41) is 7.59. The second kappa shape index (κ2) is 11.9. The van der Waals surface area contributed by atoms with Crippen LogP contribution in [0.15, 0.2) is 53.5 Å². The standard InChI is InChI=1S/C22H29ClN4O2S.HI/c1-3-24-22(25-14-17-7-9-18(10-8-17)16-30(2,28)29)26-20-11-12-27(15-20)21-6-4-5-19(23)13-21;/h4-10,13,20H,3,11-12,14-16H2,1-2H3,(H2,24,25,26);1H. The number of anilines is 1. The number of nitrogens with zero attached hydrogens (tertiary/aromatic N) is 2.